The molecular formula is C14H15N3. The molecule has 0 aliphatic carbocycles. The molecule has 0 radical (unpaired) electrons. The number of hydrogen-bond acceptors (Lipinski definition) is 1. The zero-order chi connectivity index (χ0) is 12.0. The third kappa shape index (κ3) is 1.46. The van der Waals surface area contributed by atoms with Crippen LogP contribution in [-0.2, 0) is 7.05 Å². The topological polar surface area (TPSA) is 22.8 Å². The average molecular weight is 225 g/mol. The van der Waals surface area contributed by atoms with E-state index in [1.54, 1.807) is 0 Å². The normalized spacial score (nSPS) is 11.2. The summed E-state index contributed by atoms with van der Waals surface area (Å²) < 4.78 is 4.21. The third-order valence-electron chi connectivity index (χ3n) is 3.38. The summed E-state index contributed by atoms with van der Waals surface area (Å²) in [5, 5.41) is 1.18. The van der Waals surface area contributed by atoms with Crippen LogP contribution in [0.1, 0.15) is 11.3 Å². The first-order chi connectivity index (χ1) is 8.16. The van der Waals surface area contributed by atoms with Crippen molar-refractivity contribution in [3.63, 3.8) is 0 Å². The fraction of sp³-hybridized carbons (Fsp3) is 0.214. The highest BCUT2D eigenvalue weighted by Gasteiger charge is 2.05. The van der Waals surface area contributed by atoms with Crippen LogP contribution in [0.3, 0.4) is 0 Å². The maximum Gasteiger partial charge on any atom is 0.139 e. The standard InChI is InChI=1S/C14H15N3/c1-10-4-7-17(11(10)2)13-8-12-5-6-16(3)14(12)15-9-13/h4-9H,1-3H3. The van der Waals surface area contributed by atoms with Gasteiger partial charge in [-0.25, -0.2) is 4.98 Å². The van der Waals surface area contributed by atoms with E-state index in [4.69, 9.17) is 0 Å². The second-order valence-corrected chi connectivity index (χ2v) is 4.49. The first-order valence-corrected chi connectivity index (χ1v) is 5.73. The summed E-state index contributed by atoms with van der Waals surface area (Å²) in [6, 6.07) is 6.40. The molecule has 0 saturated heterocycles. The molecule has 0 aliphatic heterocycles. The van der Waals surface area contributed by atoms with Gasteiger partial charge in [-0.2, -0.15) is 0 Å². The van der Waals surface area contributed by atoms with Crippen LogP contribution in [0.4, 0.5) is 0 Å². The minimum absolute atomic E-state index is 1.02. The molecule has 3 heteroatoms. The van der Waals surface area contributed by atoms with Crippen molar-refractivity contribution in [2.45, 2.75) is 13.8 Å². The fourth-order valence-corrected chi connectivity index (χ4v) is 2.16. The van der Waals surface area contributed by atoms with Crippen molar-refractivity contribution in [1.82, 2.24) is 14.1 Å². The molecule has 0 atom stereocenters. The Morgan fingerprint density at radius 2 is 1.94 bits per heavy atom. The molecule has 3 rings (SSSR count). The van der Waals surface area contributed by atoms with Crippen LogP contribution in [0, 0.1) is 13.8 Å². The van der Waals surface area contributed by atoms with Crippen molar-refractivity contribution in [3.8, 4) is 5.69 Å². The Morgan fingerprint density at radius 3 is 2.65 bits per heavy atom. The molecule has 0 aromatic carbocycles. The zero-order valence-electron chi connectivity index (χ0n) is 10.3. The molecule has 0 amide bonds. The maximum atomic E-state index is 4.51. The fourth-order valence-electron chi connectivity index (χ4n) is 2.16. The van der Waals surface area contributed by atoms with Gasteiger partial charge in [0.25, 0.3) is 0 Å². The summed E-state index contributed by atoms with van der Waals surface area (Å²) >= 11 is 0. The largest absolute Gasteiger partial charge is 0.336 e. The summed E-state index contributed by atoms with van der Waals surface area (Å²) in [4.78, 5) is 4.51. The van der Waals surface area contributed by atoms with Gasteiger partial charge in [0, 0.05) is 30.5 Å². The van der Waals surface area contributed by atoms with Crippen molar-refractivity contribution >= 4 is 11.0 Å². The number of pyridine rings is 1. The Hall–Kier alpha value is -2.03. The van der Waals surface area contributed by atoms with Gasteiger partial charge in [0.15, 0.2) is 0 Å². The molecule has 3 nitrogen and oxygen atoms in total. The molecular weight excluding hydrogens is 210 g/mol. The van der Waals surface area contributed by atoms with Crippen LogP contribution >= 0.6 is 0 Å². The molecule has 0 saturated carbocycles. The minimum atomic E-state index is 1.02. The van der Waals surface area contributed by atoms with Gasteiger partial charge in [-0.15, -0.1) is 0 Å². The number of aryl methyl sites for hydroxylation is 2. The lowest BCUT2D eigenvalue weighted by Gasteiger charge is -2.06. The van der Waals surface area contributed by atoms with Crippen molar-refractivity contribution < 1.29 is 0 Å². The molecule has 0 unspecified atom stereocenters. The van der Waals surface area contributed by atoms with Crippen LogP contribution in [0.15, 0.2) is 36.8 Å². The number of rotatable bonds is 1. The van der Waals surface area contributed by atoms with E-state index in [1.165, 1.54) is 16.6 Å². The number of hydrogen-bond donors (Lipinski definition) is 0. The van der Waals surface area contributed by atoms with Crippen LogP contribution in [0.2, 0.25) is 0 Å². The molecule has 0 N–H and O–H groups in total. The monoisotopic (exact) mass is 225 g/mol. The van der Waals surface area contributed by atoms with Crippen LogP contribution in [-0.4, -0.2) is 14.1 Å². The molecule has 0 aliphatic rings. The molecule has 3 aromatic rings. The van der Waals surface area contributed by atoms with Crippen molar-refractivity contribution in [2.24, 2.45) is 7.05 Å². The molecule has 3 aromatic heterocycles. The molecule has 86 valence electrons. The van der Waals surface area contributed by atoms with Crippen LogP contribution in [0.25, 0.3) is 16.7 Å². The van der Waals surface area contributed by atoms with E-state index in [-0.39, 0.29) is 0 Å². The number of nitrogens with zero attached hydrogens (tertiary/aromatic N) is 3. The molecule has 0 fully saturated rings. The summed E-state index contributed by atoms with van der Waals surface area (Å²) in [5.41, 5.74) is 4.71. The molecule has 0 bridgehead atoms. The Bertz CT molecular complexity index is 689. The zero-order valence-corrected chi connectivity index (χ0v) is 10.3. The lowest BCUT2D eigenvalue weighted by molar-refractivity contribution is 0.942. The molecule has 17 heavy (non-hydrogen) atoms. The average Bonchev–Trinajstić information content (AvgIpc) is 2.85. The van der Waals surface area contributed by atoms with E-state index in [1.807, 2.05) is 24.0 Å². The van der Waals surface area contributed by atoms with E-state index in [0.717, 1.165) is 11.3 Å². The summed E-state index contributed by atoms with van der Waals surface area (Å²) in [6.45, 7) is 4.25. The number of fused-ring (bicyclic) bond motifs is 1. The van der Waals surface area contributed by atoms with Crippen molar-refractivity contribution in [1.29, 1.82) is 0 Å². The van der Waals surface area contributed by atoms with Gasteiger partial charge in [-0.3, -0.25) is 0 Å². The van der Waals surface area contributed by atoms with Crippen LogP contribution < -0.4 is 0 Å². The third-order valence-corrected chi connectivity index (χ3v) is 3.38. The van der Waals surface area contributed by atoms with Gasteiger partial charge in [0.2, 0.25) is 0 Å². The smallest absolute Gasteiger partial charge is 0.139 e. The Balaban J connectivity index is 2.21. The Labute approximate surface area is 100 Å². The Morgan fingerprint density at radius 1 is 1.12 bits per heavy atom. The van der Waals surface area contributed by atoms with Crippen molar-refractivity contribution in [2.75, 3.05) is 0 Å². The van der Waals surface area contributed by atoms with Gasteiger partial charge in [0.05, 0.1) is 11.9 Å². The van der Waals surface area contributed by atoms with E-state index in [2.05, 4.69) is 47.8 Å². The van der Waals surface area contributed by atoms with Crippen molar-refractivity contribution in [3.05, 3.63) is 48.0 Å². The first kappa shape index (κ1) is 10.1. The SMILES string of the molecule is Cc1ccn(-c2cnc3c(ccn3C)c2)c1C. The predicted molar refractivity (Wildman–Crippen MR) is 69.5 cm³/mol. The highest BCUT2D eigenvalue weighted by atomic mass is 15.0. The van der Waals surface area contributed by atoms with E-state index < -0.39 is 0 Å². The Kier molecular flexibility index (Phi) is 2.08. The van der Waals surface area contributed by atoms with E-state index >= 15 is 0 Å². The van der Waals surface area contributed by atoms with Crippen LogP contribution in [0.5, 0.6) is 0 Å². The van der Waals surface area contributed by atoms with E-state index in [0.29, 0.717) is 0 Å². The first-order valence-electron chi connectivity index (χ1n) is 5.73. The summed E-state index contributed by atoms with van der Waals surface area (Å²) in [6.07, 6.45) is 6.06. The molecule has 0 spiro atoms. The van der Waals surface area contributed by atoms with Gasteiger partial charge in [-0.05, 0) is 37.6 Å². The van der Waals surface area contributed by atoms with Gasteiger partial charge >= 0.3 is 0 Å². The quantitative estimate of drug-likeness (QED) is 0.624. The highest BCUT2D eigenvalue weighted by Crippen LogP contribution is 2.19. The second-order valence-electron chi connectivity index (χ2n) is 4.49. The summed E-state index contributed by atoms with van der Waals surface area (Å²) in [7, 11) is 2.01. The lowest BCUT2D eigenvalue weighted by Crippen LogP contribution is -1.97. The van der Waals surface area contributed by atoms with Gasteiger partial charge in [0.1, 0.15) is 5.65 Å². The predicted octanol–water partition coefficient (Wildman–Crippen LogP) is 2.98. The number of aromatic nitrogens is 3. The summed E-state index contributed by atoms with van der Waals surface area (Å²) in [5.74, 6) is 0. The van der Waals surface area contributed by atoms with E-state index in [9.17, 15) is 0 Å². The second kappa shape index (κ2) is 3.48. The van der Waals surface area contributed by atoms with Gasteiger partial charge in [-0.1, -0.05) is 0 Å². The highest BCUT2D eigenvalue weighted by molar-refractivity contribution is 5.78. The minimum Gasteiger partial charge on any atom is -0.336 e. The maximum absolute atomic E-state index is 4.51. The van der Waals surface area contributed by atoms with Gasteiger partial charge < -0.3 is 9.13 Å². The molecule has 3 heterocycles. The lowest BCUT2D eigenvalue weighted by atomic mass is 10.3.